The Morgan fingerprint density at radius 3 is 2.54 bits per heavy atom. The maximum absolute atomic E-state index is 12.4. The predicted octanol–water partition coefficient (Wildman–Crippen LogP) is 3.87. The second-order valence-corrected chi connectivity index (χ2v) is 6.69. The van der Waals surface area contributed by atoms with Crippen molar-refractivity contribution in [2.45, 2.75) is 51.0 Å². The molecule has 0 unspecified atom stereocenters. The number of rotatable bonds is 7. The van der Waals surface area contributed by atoms with Crippen LogP contribution in [0.1, 0.15) is 44.8 Å². The van der Waals surface area contributed by atoms with Crippen molar-refractivity contribution in [3.63, 3.8) is 0 Å². The zero-order valence-electron chi connectivity index (χ0n) is 15.1. The number of nitrogens with one attached hydrogen (secondary N) is 1. The lowest BCUT2D eigenvalue weighted by molar-refractivity contribution is -0.153. The van der Waals surface area contributed by atoms with Gasteiger partial charge in [-0.25, -0.2) is 4.79 Å². The summed E-state index contributed by atoms with van der Waals surface area (Å²) in [5.41, 5.74) is 0.168. The van der Waals surface area contributed by atoms with Crippen molar-refractivity contribution < 1.29 is 18.7 Å². The molecule has 1 aromatic heterocycles. The van der Waals surface area contributed by atoms with Crippen LogP contribution in [0.2, 0.25) is 0 Å². The van der Waals surface area contributed by atoms with Gasteiger partial charge in [-0.2, -0.15) is 0 Å². The smallest absolute Gasteiger partial charge is 0.331 e. The summed E-state index contributed by atoms with van der Waals surface area (Å²) in [6.07, 6.45) is 3.93. The quantitative estimate of drug-likeness (QED) is 0.766. The molecule has 1 aliphatic carbocycles. The molecule has 0 aliphatic heterocycles. The molecule has 0 radical (unpaired) electrons. The summed E-state index contributed by atoms with van der Waals surface area (Å²) in [5.74, 6) is 1.10. The van der Waals surface area contributed by atoms with Crippen molar-refractivity contribution in [3.8, 4) is 11.3 Å². The Kier molecular flexibility index (Phi) is 5.76. The minimum atomic E-state index is -0.842. The number of carbonyl (C=O) groups is 2. The van der Waals surface area contributed by atoms with Gasteiger partial charge in [0.05, 0.1) is 6.61 Å². The molecule has 1 saturated carbocycles. The van der Waals surface area contributed by atoms with Gasteiger partial charge in [0.2, 0.25) is 5.91 Å². The van der Waals surface area contributed by atoms with E-state index >= 15 is 0 Å². The van der Waals surface area contributed by atoms with Gasteiger partial charge in [0.1, 0.15) is 17.1 Å². The van der Waals surface area contributed by atoms with Crippen molar-refractivity contribution in [1.29, 1.82) is 0 Å². The van der Waals surface area contributed by atoms with Gasteiger partial charge in [0.25, 0.3) is 0 Å². The Bertz CT molecular complexity index is 744. The largest absolute Gasteiger partial charge is 0.464 e. The Balaban J connectivity index is 1.57. The van der Waals surface area contributed by atoms with Gasteiger partial charge in [-0.3, -0.25) is 4.79 Å². The van der Waals surface area contributed by atoms with Crippen molar-refractivity contribution in [2.24, 2.45) is 0 Å². The number of ether oxygens (including phenoxy) is 1. The molecule has 0 bridgehead atoms. The second-order valence-electron chi connectivity index (χ2n) is 6.69. The van der Waals surface area contributed by atoms with Gasteiger partial charge < -0.3 is 14.5 Å². The number of amides is 1. The average Bonchev–Trinajstić information content (AvgIpc) is 3.31. The van der Waals surface area contributed by atoms with Crippen molar-refractivity contribution >= 4 is 11.9 Å². The summed E-state index contributed by atoms with van der Waals surface area (Å²) < 4.78 is 11.0. The highest BCUT2D eigenvalue weighted by Crippen LogP contribution is 2.31. The minimum absolute atomic E-state index is 0.141. The first kappa shape index (κ1) is 18.2. The van der Waals surface area contributed by atoms with E-state index in [2.05, 4.69) is 5.32 Å². The van der Waals surface area contributed by atoms with Gasteiger partial charge in [-0.15, -0.1) is 0 Å². The summed E-state index contributed by atoms with van der Waals surface area (Å²) in [6.45, 7) is 2.11. The number of benzene rings is 1. The molecular weight excluding hydrogens is 330 g/mol. The number of esters is 1. The molecule has 0 atom stereocenters. The van der Waals surface area contributed by atoms with E-state index in [9.17, 15) is 9.59 Å². The fraction of sp³-hybridized carbons (Fsp3) is 0.429. The number of hydrogen-bond acceptors (Lipinski definition) is 4. The maximum Gasteiger partial charge on any atom is 0.331 e. The average molecular weight is 355 g/mol. The van der Waals surface area contributed by atoms with E-state index in [1.807, 2.05) is 42.5 Å². The van der Waals surface area contributed by atoms with Crippen molar-refractivity contribution in [3.05, 3.63) is 48.2 Å². The van der Waals surface area contributed by atoms with Crippen LogP contribution in [0.4, 0.5) is 0 Å². The molecule has 5 heteroatoms. The molecule has 5 nitrogen and oxygen atoms in total. The van der Waals surface area contributed by atoms with E-state index in [-0.39, 0.29) is 18.3 Å². The Morgan fingerprint density at radius 1 is 1.12 bits per heavy atom. The molecular formula is C21H25NO4. The Labute approximate surface area is 153 Å². The molecule has 1 fully saturated rings. The number of hydrogen-bond donors (Lipinski definition) is 1. The Hall–Kier alpha value is -2.56. The number of aryl methyl sites for hydroxylation is 1. The van der Waals surface area contributed by atoms with Crippen LogP contribution in [0.5, 0.6) is 0 Å². The van der Waals surface area contributed by atoms with Gasteiger partial charge >= 0.3 is 5.97 Å². The monoisotopic (exact) mass is 355 g/mol. The third kappa shape index (κ3) is 4.15. The first-order valence-electron chi connectivity index (χ1n) is 9.25. The van der Waals surface area contributed by atoms with Crippen LogP contribution >= 0.6 is 0 Å². The van der Waals surface area contributed by atoms with Crippen LogP contribution in [0.25, 0.3) is 11.3 Å². The molecule has 1 amide bonds. The third-order valence-corrected chi connectivity index (χ3v) is 4.82. The lowest BCUT2D eigenvalue weighted by atomic mass is 9.97. The van der Waals surface area contributed by atoms with E-state index in [0.717, 1.165) is 29.9 Å². The van der Waals surface area contributed by atoms with Crippen LogP contribution in [0.15, 0.2) is 46.9 Å². The van der Waals surface area contributed by atoms with Crippen molar-refractivity contribution in [1.82, 2.24) is 5.32 Å². The van der Waals surface area contributed by atoms with Gasteiger partial charge in [-0.05, 0) is 31.9 Å². The van der Waals surface area contributed by atoms with E-state index in [0.29, 0.717) is 25.9 Å². The van der Waals surface area contributed by atoms with E-state index in [1.165, 1.54) is 0 Å². The van der Waals surface area contributed by atoms with Crippen LogP contribution in [-0.2, 0) is 20.7 Å². The van der Waals surface area contributed by atoms with Crippen molar-refractivity contribution in [2.75, 3.05) is 6.61 Å². The fourth-order valence-corrected chi connectivity index (χ4v) is 3.46. The lowest BCUT2D eigenvalue weighted by Gasteiger charge is -2.27. The summed E-state index contributed by atoms with van der Waals surface area (Å²) >= 11 is 0. The standard InChI is InChI=1S/C21H25NO4/c1-2-25-20(24)21(14-6-7-15-21)22-19(23)13-11-17-10-12-18(26-17)16-8-4-3-5-9-16/h3-5,8-10,12H,2,6-7,11,13-15H2,1H3,(H,22,23). The van der Waals surface area contributed by atoms with E-state index < -0.39 is 5.54 Å². The third-order valence-electron chi connectivity index (χ3n) is 4.82. The highest BCUT2D eigenvalue weighted by molar-refractivity contribution is 5.88. The molecule has 0 saturated heterocycles. The molecule has 2 aromatic rings. The summed E-state index contributed by atoms with van der Waals surface area (Å²) in [7, 11) is 0. The van der Waals surface area contributed by atoms with Crippen LogP contribution < -0.4 is 5.32 Å². The van der Waals surface area contributed by atoms with E-state index in [4.69, 9.17) is 9.15 Å². The molecule has 138 valence electrons. The van der Waals surface area contributed by atoms with Gasteiger partial charge in [0, 0.05) is 18.4 Å². The molecule has 0 spiro atoms. The zero-order valence-corrected chi connectivity index (χ0v) is 15.1. The first-order valence-corrected chi connectivity index (χ1v) is 9.25. The molecule has 1 aliphatic rings. The molecule has 26 heavy (non-hydrogen) atoms. The lowest BCUT2D eigenvalue weighted by Crippen LogP contribution is -2.53. The van der Waals surface area contributed by atoms with E-state index in [1.54, 1.807) is 6.92 Å². The normalized spacial score (nSPS) is 15.6. The molecule has 1 aromatic carbocycles. The first-order chi connectivity index (χ1) is 12.6. The summed E-state index contributed by atoms with van der Waals surface area (Å²) in [5, 5.41) is 2.93. The topological polar surface area (TPSA) is 68.5 Å². The summed E-state index contributed by atoms with van der Waals surface area (Å²) in [6, 6.07) is 13.7. The van der Waals surface area contributed by atoms with Gasteiger partial charge in [-0.1, -0.05) is 43.2 Å². The van der Waals surface area contributed by atoms with Gasteiger partial charge in [0.15, 0.2) is 0 Å². The molecule has 1 heterocycles. The SMILES string of the molecule is CCOC(=O)C1(NC(=O)CCc2ccc(-c3ccccc3)o2)CCCC1. The van der Waals surface area contributed by atoms with Crippen LogP contribution in [0.3, 0.4) is 0 Å². The number of carbonyl (C=O) groups excluding carboxylic acids is 2. The summed E-state index contributed by atoms with van der Waals surface area (Å²) in [4.78, 5) is 24.7. The second kappa shape index (κ2) is 8.21. The highest BCUT2D eigenvalue weighted by atomic mass is 16.5. The molecule has 3 rings (SSSR count). The molecule has 1 N–H and O–H groups in total. The maximum atomic E-state index is 12.4. The highest BCUT2D eigenvalue weighted by Gasteiger charge is 2.43. The minimum Gasteiger partial charge on any atom is -0.464 e. The zero-order chi connectivity index (χ0) is 18.4. The van der Waals surface area contributed by atoms with Crippen LogP contribution in [-0.4, -0.2) is 24.0 Å². The Morgan fingerprint density at radius 2 is 1.85 bits per heavy atom. The predicted molar refractivity (Wildman–Crippen MR) is 98.4 cm³/mol. The van der Waals surface area contributed by atoms with Crippen LogP contribution in [0, 0.1) is 0 Å². The number of furan rings is 1. The fourth-order valence-electron chi connectivity index (χ4n) is 3.46.